The molecule has 346 valence electrons. The van der Waals surface area contributed by atoms with Gasteiger partial charge in [0, 0.05) is 32.9 Å². The van der Waals surface area contributed by atoms with Gasteiger partial charge in [-0.3, -0.25) is 29.0 Å². The number of carbonyl (C=O) groups is 6. The molecule has 6 rings (SSSR count). The maximum Gasteiger partial charge on any atom is 0.407 e. The second kappa shape index (κ2) is 18.1. The van der Waals surface area contributed by atoms with Gasteiger partial charge < -0.3 is 36.0 Å². The van der Waals surface area contributed by atoms with E-state index in [0.717, 1.165) is 43.6 Å². The summed E-state index contributed by atoms with van der Waals surface area (Å²) in [5, 5.41) is 19.6. The Morgan fingerprint density at radius 1 is 0.585 bits per heavy atom. The van der Waals surface area contributed by atoms with E-state index in [9.17, 15) is 39.0 Å². The molecule has 4 atom stereocenters. The van der Waals surface area contributed by atoms with Gasteiger partial charge in [0.05, 0.1) is 11.4 Å². The van der Waals surface area contributed by atoms with E-state index in [2.05, 4.69) is 49.6 Å². The van der Waals surface area contributed by atoms with Crippen LogP contribution < -0.4 is 11.5 Å². The average Bonchev–Trinajstić information content (AvgIpc) is 4.02. The standard InChI is InChI=1S/C50H63N7O8/c1-30(2)40(53(8)46(62)63)42(58)55-28-10-26-49(55,44(51)60)35-16-12-32(13-17-35)38-24-25-39(57(38)37-22-20-34(21-23-37)48(5,6)7)33-14-18-36(19-15-33)50(45(52)61)27-11-29-56(50)43(59)41(31(3)4)54(9)47(64)65/h12-25,30-31,40-41H,10-11,26-29H2,1-9H3,(H2,51,60)(H2,52,61)(H,62,63)(H,64,65)/t40-,41-,49-,50-/m0/s1. The Bertz CT molecular complexity index is 2310. The maximum absolute atomic E-state index is 14.2. The van der Waals surface area contributed by atoms with Gasteiger partial charge in [-0.25, -0.2) is 9.59 Å². The molecule has 0 bridgehead atoms. The molecule has 3 aromatic carbocycles. The normalized spacial score (nSPS) is 19.6. The van der Waals surface area contributed by atoms with Crippen molar-refractivity contribution in [2.45, 2.75) is 103 Å². The molecule has 4 aromatic rings. The smallest absolute Gasteiger partial charge is 0.407 e. The van der Waals surface area contributed by atoms with E-state index in [-0.39, 0.29) is 43.2 Å². The highest BCUT2D eigenvalue weighted by Gasteiger charge is 2.53. The van der Waals surface area contributed by atoms with E-state index in [1.165, 1.54) is 23.9 Å². The summed E-state index contributed by atoms with van der Waals surface area (Å²) in [5.41, 5.74) is 15.6. The number of carbonyl (C=O) groups excluding carboxylic acids is 4. The van der Waals surface area contributed by atoms with E-state index in [1.54, 1.807) is 27.7 Å². The largest absolute Gasteiger partial charge is 0.465 e. The van der Waals surface area contributed by atoms with Crippen molar-refractivity contribution in [2.24, 2.45) is 23.3 Å². The van der Waals surface area contributed by atoms with Gasteiger partial charge in [0.2, 0.25) is 23.6 Å². The van der Waals surface area contributed by atoms with Gasteiger partial charge in [-0.05, 0) is 95.0 Å². The lowest BCUT2D eigenvalue weighted by molar-refractivity contribution is -0.148. The van der Waals surface area contributed by atoms with E-state index in [4.69, 9.17) is 11.5 Å². The molecule has 2 saturated heterocycles. The van der Waals surface area contributed by atoms with Crippen LogP contribution in [0.2, 0.25) is 0 Å². The lowest BCUT2D eigenvalue weighted by Crippen LogP contribution is -2.59. The zero-order valence-electron chi connectivity index (χ0n) is 38.9. The molecular formula is C50H63N7O8. The van der Waals surface area contributed by atoms with E-state index in [1.807, 2.05) is 60.7 Å². The van der Waals surface area contributed by atoms with Gasteiger partial charge in [-0.2, -0.15) is 0 Å². The molecule has 6 amide bonds. The van der Waals surface area contributed by atoms with Crippen molar-refractivity contribution in [3.05, 3.63) is 102 Å². The van der Waals surface area contributed by atoms with Crippen LogP contribution in [0.5, 0.6) is 0 Å². The molecule has 0 radical (unpaired) electrons. The van der Waals surface area contributed by atoms with E-state index >= 15 is 0 Å². The van der Waals surface area contributed by atoms with Crippen molar-refractivity contribution in [3.8, 4) is 28.2 Å². The SMILES string of the molecule is CC(C)[C@@H](C(=O)N1CCC[C@@]1(C(N)=O)c1ccc(-c2ccc(-c3ccc([C@]4(C(N)=O)CCCN4C(=O)[C@H](C(C)C)N(C)C(=O)O)cc3)n2-c2ccc(C(C)(C)C)cc2)cc1)N(C)C(=O)O. The summed E-state index contributed by atoms with van der Waals surface area (Å²) in [6.45, 7) is 14.0. The molecule has 0 unspecified atom stereocenters. The first-order chi connectivity index (χ1) is 30.5. The van der Waals surface area contributed by atoms with Gasteiger partial charge in [-0.1, -0.05) is 109 Å². The van der Waals surface area contributed by atoms with E-state index in [0.29, 0.717) is 24.0 Å². The molecule has 15 nitrogen and oxygen atoms in total. The molecule has 0 aliphatic carbocycles. The fourth-order valence-electron chi connectivity index (χ4n) is 10.1. The fraction of sp³-hybridized carbons (Fsp3) is 0.440. The molecule has 1 aromatic heterocycles. The van der Waals surface area contributed by atoms with Gasteiger partial charge in [0.25, 0.3) is 0 Å². The highest BCUT2D eigenvalue weighted by atomic mass is 16.4. The molecule has 6 N–H and O–H groups in total. The number of hydrogen-bond acceptors (Lipinski definition) is 6. The lowest BCUT2D eigenvalue weighted by Gasteiger charge is -2.40. The minimum atomic E-state index is -1.48. The first kappa shape index (κ1) is 47.8. The second-order valence-electron chi connectivity index (χ2n) is 19.2. The Hall–Kier alpha value is -6.64. The molecule has 2 aliphatic rings. The summed E-state index contributed by atoms with van der Waals surface area (Å²) in [6, 6.07) is 25.0. The van der Waals surface area contributed by atoms with Crippen molar-refractivity contribution in [1.29, 1.82) is 0 Å². The molecule has 0 spiro atoms. The van der Waals surface area contributed by atoms with Crippen molar-refractivity contribution < 1.29 is 39.0 Å². The van der Waals surface area contributed by atoms with Crippen molar-refractivity contribution in [1.82, 2.24) is 24.2 Å². The summed E-state index contributed by atoms with van der Waals surface area (Å²) < 4.78 is 2.12. The van der Waals surface area contributed by atoms with Gasteiger partial charge in [-0.15, -0.1) is 0 Å². The first-order valence-corrected chi connectivity index (χ1v) is 22.2. The summed E-state index contributed by atoms with van der Waals surface area (Å²) in [6.07, 6.45) is -0.924. The van der Waals surface area contributed by atoms with Crippen LogP contribution in [0.25, 0.3) is 28.2 Å². The highest BCUT2D eigenvalue weighted by molar-refractivity contribution is 5.96. The summed E-state index contributed by atoms with van der Waals surface area (Å²) in [5.74, 6) is -3.08. The molecule has 3 heterocycles. The Labute approximate surface area is 381 Å². The lowest BCUT2D eigenvalue weighted by atomic mass is 9.84. The van der Waals surface area contributed by atoms with Crippen LogP contribution in [-0.4, -0.2) is 109 Å². The van der Waals surface area contributed by atoms with Crippen LogP contribution >= 0.6 is 0 Å². The zero-order valence-corrected chi connectivity index (χ0v) is 38.9. The molecule has 15 heteroatoms. The third-order valence-electron chi connectivity index (χ3n) is 13.5. The first-order valence-electron chi connectivity index (χ1n) is 22.2. The average molecular weight is 890 g/mol. The molecular weight excluding hydrogens is 827 g/mol. The van der Waals surface area contributed by atoms with Gasteiger partial charge >= 0.3 is 12.2 Å². The minimum Gasteiger partial charge on any atom is -0.465 e. The molecule has 2 fully saturated rings. The number of likely N-dealkylation sites (tertiary alicyclic amines) is 2. The topological polar surface area (TPSA) is 213 Å². The van der Waals surface area contributed by atoms with Crippen LogP contribution in [0.1, 0.15) is 90.8 Å². The monoisotopic (exact) mass is 889 g/mol. The summed E-state index contributed by atoms with van der Waals surface area (Å²) in [4.78, 5) is 84.3. The fourth-order valence-corrected chi connectivity index (χ4v) is 10.1. The number of primary amides is 2. The Morgan fingerprint density at radius 2 is 0.938 bits per heavy atom. The van der Waals surface area contributed by atoms with Gasteiger partial charge in [0.1, 0.15) is 23.2 Å². The van der Waals surface area contributed by atoms with Crippen LogP contribution in [-0.2, 0) is 35.7 Å². The predicted molar refractivity (Wildman–Crippen MR) is 248 cm³/mol. The number of rotatable bonds is 13. The van der Waals surface area contributed by atoms with E-state index < -0.39 is 59.0 Å². The second-order valence-corrected chi connectivity index (χ2v) is 19.2. The number of amides is 6. The molecule has 2 aliphatic heterocycles. The van der Waals surface area contributed by atoms with Crippen molar-refractivity contribution >= 4 is 35.8 Å². The summed E-state index contributed by atoms with van der Waals surface area (Å²) in [7, 11) is 2.71. The van der Waals surface area contributed by atoms with Crippen LogP contribution in [0.3, 0.4) is 0 Å². The molecule has 65 heavy (non-hydrogen) atoms. The Kier molecular flexibility index (Phi) is 13.3. The third kappa shape index (κ3) is 8.44. The predicted octanol–water partition coefficient (Wildman–Crippen LogP) is 6.98. The van der Waals surface area contributed by atoms with Gasteiger partial charge in [0.15, 0.2) is 0 Å². The Balaban J connectivity index is 1.43. The number of nitrogens with two attached hydrogens (primary N) is 2. The maximum atomic E-state index is 14.2. The Morgan fingerprint density at radius 3 is 1.23 bits per heavy atom. The van der Waals surface area contributed by atoms with Crippen molar-refractivity contribution in [3.63, 3.8) is 0 Å². The van der Waals surface area contributed by atoms with Crippen LogP contribution in [0, 0.1) is 11.8 Å². The zero-order chi connectivity index (χ0) is 47.9. The van der Waals surface area contributed by atoms with Crippen molar-refractivity contribution in [2.75, 3.05) is 27.2 Å². The highest BCUT2D eigenvalue weighted by Crippen LogP contribution is 2.44. The number of carboxylic acid groups (broad SMARTS) is 2. The number of aromatic nitrogens is 1. The number of benzene rings is 3. The third-order valence-corrected chi connectivity index (χ3v) is 13.5. The summed E-state index contributed by atoms with van der Waals surface area (Å²) >= 11 is 0. The molecule has 0 saturated carbocycles. The minimum absolute atomic E-state index is 0.0965. The number of hydrogen-bond donors (Lipinski definition) is 4. The quantitative estimate of drug-likeness (QED) is 0.110. The number of nitrogens with zero attached hydrogens (tertiary/aromatic N) is 5. The van der Waals surface area contributed by atoms with Crippen LogP contribution in [0.15, 0.2) is 84.9 Å². The van der Waals surface area contributed by atoms with Crippen LogP contribution in [0.4, 0.5) is 9.59 Å². The number of likely N-dealkylation sites (N-methyl/N-ethyl adjacent to an activating group) is 2.